The van der Waals surface area contributed by atoms with Gasteiger partial charge in [0.2, 0.25) is 5.91 Å². The van der Waals surface area contributed by atoms with Crippen molar-refractivity contribution in [3.05, 3.63) is 54.0 Å². The number of amides is 1. The van der Waals surface area contributed by atoms with Crippen molar-refractivity contribution in [2.24, 2.45) is 0 Å². The quantitative estimate of drug-likeness (QED) is 0.763. The van der Waals surface area contributed by atoms with E-state index in [2.05, 4.69) is 17.0 Å². The average molecular weight is 356 g/mol. The Morgan fingerprint density at radius 1 is 1.23 bits per heavy atom. The molecule has 26 heavy (non-hydrogen) atoms. The minimum atomic E-state index is 0.123. The average Bonchev–Trinajstić information content (AvgIpc) is 3.18. The fourth-order valence-electron chi connectivity index (χ4n) is 3.60. The van der Waals surface area contributed by atoms with E-state index in [9.17, 15) is 4.79 Å². The fourth-order valence-corrected chi connectivity index (χ4v) is 3.60. The Balaban J connectivity index is 1.47. The highest BCUT2D eigenvalue weighted by Gasteiger charge is 2.26. The molecular weight excluding hydrogens is 328 g/mol. The summed E-state index contributed by atoms with van der Waals surface area (Å²) in [6.07, 6.45) is 4.73. The predicted molar refractivity (Wildman–Crippen MR) is 101 cm³/mol. The number of carbonyl (C=O) groups excluding carboxylic acids is 1. The van der Waals surface area contributed by atoms with Gasteiger partial charge in [0.1, 0.15) is 11.5 Å². The van der Waals surface area contributed by atoms with Crippen LogP contribution in [0.1, 0.15) is 31.1 Å². The molecule has 0 aliphatic carbocycles. The van der Waals surface area contributed by atoms with E-state index >= 15 is 0 Å². The van der Waals surface area contributed by atoms with E-state index in [1.807, 2.05) is 29.2 Å². The predicted octanol–water partition coefficient (Wildman–Crippen LogP) is 3.34. The van der Waals surface area contributed by atoms with Crippen molar-refractivity contribution in [1.29, 1.82) is 0 Å². The number of hydrogen-bond donors (Lipinski definition) is 0. The molecule has 3 rings (SSSR count). The molecule has 0 unspecified atom stereocenters. The summed E-state index contributed by atoms with van der Waals surface area (Å²) in [5, 5.41) is 0. The number of hydrogen-bond acceptors (Lipinski definition) is 4. The number of piperidine rings is 1. The zero-order valence-corrected chi connectivity index (χ0v) is 15.7. The van der Waals surface area contributed by atoms with Crippen LogP contribution in [-0.2, 0) is 17.8 Å². The van der Waals surface area contributed by atoms with Crippen molar-refractivity contribution >= 4 is 5.91 Å². The summed E-state index contributed by atoms with van der Waals surface area (Å²) in [4.78, 5) is 16.5. The van der Waals surface area contributed by atoms with E-state index in [-0.39, 0.29) is 5.91 Å². The van der Waals surface area contributed by atoms with Crippen LogP contribution in [0, 0.1) is 0 Å². The molecular formula is C21H28N2O3. The summed E-state index contributed by atoms with van der Waals surface area (Å²) in [7, 11) is 1.69. The van der Waals surface area contributed by atoms with Crippen molar-refractivity contribution in [1.82, 2.24) is 9.80 Å². The molecule has 1 amide bonds. The Morgan fingerprint density at radius 2 is 1.96 bits per heavy atom. The van der Waals surface area contributed by atoms with Crippen LogP contribution in [-0.4, -0.2) is 48.5 Å². The van der Waals surface area contributed by atoms with Crippen LogP contribution < -0.4 is 4.74 Å². The van der Waals surface area contributed by atoms with Gasteiger partial charge in [-0.15, -0.1) is 0 Å². The summed E-state index contributed by atoms with van der Waals surface area (Å²) in [6, 6.07) is 12.4. The summed E-state index contributed by atoms with van der Waals surface area (Å²) in [5.41, 5.74) is 1.33. The number of carbonyl (C=O) groups is 1. The van der Waals surface area contributed by atoms with Gasteiger partial charge in [0.05, 0.1) is 19.9 Å². The highest BCUT2D eigenvalue weighted by atomic mass is 16.5. The highest BCUT2D eigenvalue weighted by molar-refractivity contribution is 5.73. The zero-order chi connectivity index (χ0) is 18.4. The summed E-state index contributed by atoms with van der Waals surface area (Å²) in [6.45, 7) is 5.33. The van der Waals surface area contributed by atoms with Crippen molar-refractivity contribution in [3.8, 4) is 5.75 Å². The third-order valence-electron chi connectivity index (χ3n) is 5.18. The normalized spacial score (nSPS) is 15.8. The minimum Gasteiger partial charge on any atom is -0.497 e. The van der Waals surface area contributed by atoms with Gasteiger partial charge in [0.15, 0.2) is 0 Å². The molecule has 0 spiro atoms. The molecule has 0 saturated carbocycles. The van der Waals surface area contributed by atoms with E-state index in [1.165, 1.54) is 5.56 Å². The van der Waals surface area contributed by atoms with E-state index in [4.69, 9.17) is 9.15 Å². The lowest BCUT2D eigenvalue weighted by molar-refractivity contribution is -0.133. The van der Waals surface area contributed by atoms with Crippen molar-refractivity contribution < 1.29 is 13.9 Å². The zero-order valence-electron chi connectivity index (χ0n) is 15.7. The summed E-state index contributed by atoms with van der Waals surface area (Å²) >= 11 is 0. The first-order valence-corrected chi connectivity index (χ1v) is 9.30. The molecule has 140 valence electrons. The Bertz CT molecular complexity index is 674. The number of likely N-dealkylation sites (tertiary alicyclic amines) is 1. The third kappa shape index (κ3) is 4.88. The van der Waals surface area contributed by atoms with E-state index in [0.29, 0.717) is 12.6 Å². The summed E-state index contributed by atoms with van der Waals surface area (Å²) in [5.74, 6) is 1.87. The number of rotatable bonds is 7. The van der Waals surface area contributed by atoms with Gasteiger partial charge in [-0.25, -0.2) is 0 Å². The van der Waals surface area contributed by atoms with E-state index in [0.717, 1.165) is 50.4 Å². The topological polar surface area (TPSA) is 45.9 Å². The van der Waals surface area contributed by atoms with Crippen LogP contribution in [0.4, 0.5) is 0 Å². The summed E-state index contributed by atoms with van der Waals surface area (Å²) < 4.78 is 10.6. The van der Waals surface area contributed by atoms with Gasteiger partial charge in [0.25, 0.3) is 0 Å². The molecule has 1 saturated heterocycles. The molecule has 0 radical (unpaired) electrons. The van der Waals surface area contributed by atoms with Gasteiger partial charge in [-0.3, -0.25) is 4.79 Å². The first-order valence-electron chi connectivity index (χ1n) is 9.30. The molecule has 1 aliphatic heterocycles. The molecule has 5 nitrogen and oxygen atoms in total. The monoisotopic (exact) mass is 356 g/mol. The van der Waals surface area contributed by atoms with E-state index in [1.54, 1.807) is 20.3 Å². The molecule has 1 aliphatic rings. The molecule has 5 heteroatoms. The van der Waals surface area contributed by atoms with Crippen molar-refractivity contribution in [2.45, 2.75) is 38.8 Å². The van der Waals surface area contributed by atoms with Gasteiger partial charge in [-0.1, -0.05) is 12.1 Å². The highest BCUT2D eigenvalue weighted by Crippen LogP contribution is 2.20. The second-order valence-corrected chi connectivity index (χ2v) is 6.90. The molecule has 1 aromatic heterocycles. The maximum absolute atomic E-state index is 12.1. The van der Waals surface area contributed by atoms with Gasteiger partial charge in [-0.05, 0) is 49.1 Å². The van der Waals surface area contributed by atoms with Crippen LogP contribution in [0.3, 0.4) is 0 Å². The van der Waals surface area contributed by atoms with Crippen LogP contribution in [0.25, 0.3) is 0 Å². The largest absolute Gasteiger partial charge is 0.497 e. The smallest absolute Gasteiger partial charge is 0.220 e. The lowest BCUT2D eigenvalue weighted by Gasteiger charge is -2.38. The van der Waals surface area contributed by atoms with E-state index < -0.39 is 0 Å². The van der Waals surface area contributed by atoms with Gasteiger partial charge < -0.3 is 19.0 Å². The van der Waals surface area contributed by atoms with Crippen molar-refractivity contribution in [3.63, 3.8) is 0 Å². The molecule has 2 heterocycles. The molecule has 0 atom stereocenters. The third-order valence-corrected chi connectivity index (χ3v) is 5.18. The van der Waals surface area contributed by atoms with Crippen molar-refractivity contribution in [2.75, 3.05) is 26.7 Å². The molecule has 0 bridgehead atoms. The minimum absolute atomic E-state index is 0.123. The maximum atomic E-state index is 12.1. The van der Waals surface area contributed by atoms with Gasteiger partial charge >= 0.3 is 0 Å². The maximum Gasteiger partial charge on any atom is 0.220 e. The molecule has 0 N–H and O–H groups in total. The van der Waals surface area contributed by atoms with Gasteiger partial charge in [0, 0.05) is 32.6 Å². The van der Waals surface area contributed by atoms with Gasteiger partial charge in [-0.2, -0.15) is 0 Å². The molecule has 2 aromatic rings. The number of methoxy groups -OCH3 is 1. The van der Waals surface area contributed by atoms with Crippen LogP contribution in [0.5, 0.6) is 5.75 Å². The lowest BCUT2D eigenvalue weighted by Crippen LogP contribution is -2.46. The first-order chi connectivity index (χ1) is 12.7. The standard InChI is InChI=1S/C21H28N2O3/c1-17(24)23(16-21-4-3-15-26-21)19-10-13-22(14-11-19)12-9-18-5-7-20(25-2)8-6-18/h3-8,15,19H,9-14,16H2,1-2H3. The Morgan fingerprint density at radius 3 is 2.54 bits per heavy atom. The Hall–Kier alpha value is -2.27. The number of nitrogens with zero attached hydrogens (tertiary/aromatic N) is 2. The fraction of sp³-hybridized carbons (Fsp3) is 0.476. The lowest BCUT2D eigenvalue weighted by atomic mass is 10.0. The van der Waals surface area contributed by atoms with Crippen LogP contribution in [0.2, 0.25) is 0 Å². The first kappa shape index (κ1) is 18.5. The number of furan rings is 1. The Kier molecular flexibility index (Phi) is 6.34. The number of benzene rings is 1. The van der Waals surface area contributed by atoms with Crippen LogP contribution >= 0.6 is 0 Å². The SMILES string of the molecule is COc1ccc(CCN2CCC(N(Cc3ccco3)C(C)=O)CC2)cc1. The van der Waals surface area contributed by atoms with Crippen LogP contribution in [0.15, 0.2) is 47.1 Å². The second-order valence-electron chi connectivity index (χ2n) is 6.90. The number of ether oxygens (including phenoxy) is 1. The second kappa shape index (κ2) is 8.90. The Labute approximate surface area is 155 Å². The molecule has 1 aromatic carbocycles. The molecule has 1 fully saturated rings.